The molecule has 2 saturated heterocycles. The molecule has 7 heteroatoms. The van der Waals surface area contributed by atoms with Crippen LogP contribution in [0.3, 0.4) is 0 Å². The van der Waals surface area contributed by atoms with Crippen molar-refractivity contribution in [1.29, 1.82) is 0 Å². The summed E-state index contributed by atoms with van der Waals surface area (Å²) in [7, 11) is 0. The molecule has 5 nitrogen and oxygen atoms in total. The molecule has 1 atom stereocenters. The highest BCUT2D eigenvalue weighted by Gasteiger charge is 2.27. The highest BCUT2D eigenvalue weighted by molar-refractivity contribution is 5.95. The Kier molecular flexibility index (Phi) is 7.02. The second-order valence-corrected chi connectivity index (χ2v) is 8.58. The summed E-state index contributed by atoms with van der Waals surface area (Å²) in [5, 5.41) is 0. The van der Waals surface area contributed by atoms with Crippen LogP contribution in [-0.4, -0.2) is 54.4 Å². The number of amides is 2. The Morgan fingerprint density at radius 1 is 0.906 bits per heavy atom. The summed E-state index contributed by atoms with van der Waals surface area (Å²) in [5.41, 5.74) is 0.508. The van der Waals surface area contributed by atoms with E-state index < -0.39 is 17.5 Å². The van der Waals surface area contributed by atoms with Gasteiger partial charge in [0.15, 0.2) is 0 Å². The van der Waals surface area contributed by atoms with Crippen LogP contribution in [0.1, 0.15) is 52.8 Å². The normalized spacial score (nSPS) is 19.0. The number of rotatable bonds is 5. The van der Waals surface area contributed by atoms with E-state index in [1.807, 2.05) is 23.1 Å². The Balaban J connectivity index is 1.34. The van der Waals surface area contributed by atoms with E-state index >= 15 is 0 Å². The third-order valence-electron chi connectivity index (χ3n) is 6.18. The number of likely N-dealkylation sites (tertiary alicyclic amines) is 2. The van der Waals surface area contributed by atoms with Crippen LogP contribution in [0.4, 0.5) is 8.78 Å². The Hall–Kier alpha value is -2.96. The van der Waals surface area contributed by atoms with E-state index in [-0.39, 0.29) is 17.4 Å². The molecule has 2 aliphatic heterocycles. The predicted octanol–water partition coefficient (Wildman–Crippen LogP) is 4.52. The predicted molar refractivity (Wildman–Crippen MR) is 117 cm³/mol. The Morgan fingerprint density at radius 3 is 2.47 bits per heavy atom. The number of hydrogen-bond donors (Lipinski definition) is 0. The highest BCUT2D eigenvalue weighted by Crippen LogP contribution is 2.23. The average molecular weight is 443 g/mol. The molecule has 2 aromatic carbocycles. The maximum absolute atomic E-state index is 14.0. The van der Waals surface area contributed by atoms with Gasteiger partial charge in [-0.05, 0) is 62.4 Å². The first-order chi connectivity index (χ1) is 15.5. The molecule has 0 radical (unpaired) electrons. The van der Waals surface area contributed by atoms with E-state index in [1.165, 1.54) is 12.5 Å². The van der Waals surface area contributed by atoms with Crippen molar-refractivity contribution >= 4 is 11.8 Å². The van der Waals surface area contributed by atoms with Gasteiger partial charge in [-0.3, -0.25) is 9.59 Å². The number of ether oxygens (including phenoxy) is 1. The molecule has 2 fully saturated rings. The molecule has 2 aliphatic rings. The first kappa shape index (κ1) is 22.2. The number of piperidine rings is 2. The fraction of sp³-hybridized carbons (Fsp3) is 0.440. The van der Waals surface area contributed by atoms with Crippen LogP contribution in [0, 0.1) is 17.6 Å². The average Bonchev–Trinajstić information content (AvgIpc) is 2.83. The molecule has 0 N–H and O–H groups in total. The third kappa shape index (κ3) is 5.26. The van der Waals surface area contributed by atoms with Crippen LogP contribution in [0.5, 0.6) is 5.75 Å². The summed E-state index contributed by atoms with van der Waals surface area (Å²) in [4.78, 5) is 28.9. The molecule has 2 amide bonds. The molecule has 4 rings (SSSR count). The van der Waals surface area contributed by atoms with Crippen LogP contribution < -0.4 is 4.74 Å². The third-order valence-corrected chi connectivity index (χ3v) is 6.18. The Morgan fingerprint density at radius 2 is 1.69 bits per heavy atom. The number of hydrogen-bond acceptors (Lipinski definition) is 3. The summed E-state index contributed by atoms with van der Waals surface area (Å²) < 4.78 is 33.1. The largest absolute Gasteiger partial charge is 0.493 e. The van der Waals surface area contributed by atoms with E-state index in [4.69, 9.17) is 4.74 Å². The van der Waals surface area contributed by atoms with Crippen LogP contribution in [-0.2, 0) is 0 Å². The van der Waals surface area contributed by atoms with Crippen LogP contribution in [0.25, 0.3) is 0 Å². The minimum absolute atomic E-state index is 0.0333. The van der Waals surface area contributed by atoms with Gasteiger partial charge in [-0.1, -0.05) is 6.07 Å². The van der Waals surface area contributed by atoms with Crippen molar-refractivity contribution in [2.45, 2.75) is 32.1 Å². The van der Waals surface area contributed by atoms with Gasteiger partial charge in [0.2, 0.25) is 0 Å². The number of benzene rings is 2. The molecule has 2 aromatic rings. The quantitative estimate of drug-likeness (QED) is 0.684. The van der Waals surface area contributed by atoms with E-state index in [1.54, 1.807) is 11.0 Å². The molecule has 0 saturated carbocycles. The second-order valence-electron chi connectivity index (χ2n) is 8.58. The van der Waals surface area contributed by atoms with Gasteiger partial charge in [0.25, 0.3) is 11.8 Å². The smallest absolute Gasteiger partial charge is 0.256 e. The maximum Gasteiger partial charge on any atom is 0.256 e. The summed E-state index contributed by atoms with van der Waals surface area (Å²) in [6.07, 6.45) is 4.93. The fourth-order valence-electron chi connectivity index (χ4n) is 4.43. The van der Waals surface area contributed by atoms with Gasteiger partial charge in [-0.25, -0.2) is 8.78 Å². The van der Waals surface area contributed by atoms with Gasteiger partial charge in [0.1, 0.15) is 17.4 Å². The molecular formula is C25H28F2N2O3. The minimum Gasteiger partial charge on any atom is -0.493 e. The zero-order valence-corrected chi connectivity index (χ0v) is 18.1. The van der Waals surface area contributed by atoms with Crippen molar-refractivity contribution in [3.8, 4) is 5.75 Å². The van der Waals surface area contributed by atoms with Crippen molar-refractivity contribution in [3.05, 3.63) is 65.2 Å². The summed E-state index contributed by atoms with van der Waals surface area (Å²) in [6, 6.07) is 10.2. The highest BCUT2D eigenvalue weighted by atomic mass is 19.1. The Labute approximate surface area is 187 Å². The minimum atomic E-state index is -0.844. The maximum atomic E-state index is 14.0. The molecule has 1 unspecified atom stereocenters. The SMILES string of the molecule is O=C(c1cccc(OCC2CCCN(C(=O)c3ccc(F)cc3F)C2)c1)N1CCCCC1. The lowest BCUT2D eigenvalue weighted by Gasteiger charge is -2.32. The summed E-state index contributed by atoms with van der Waals surface area (Å²) in [5.74, 6) is -1.22. The number of halogens is 2. The lowest BCUT2D eigenvalue weighted by atomic mass is 9.98. The van der Waals surface area contributed by atoms with Gasteiger partial charge in [0, 0.05) is 43.7 Å². The number of nitrogens with zero attached hydrogens (tertiary/aromatic N) is 2. The van der Waals surface area contributed by atoms with E-state index in [0.29, 0.717) is 31.0 Å². The summed E-state index contributed by atoms with van der Waals surface area (Å²) in [6.45, 7) is 2.97. The van der Waals surface area contributed by atoms with Gasteiger partial charge < -0.3 is 14.5 Å². The van der Waals surface area contributed by atoms with Gasteiger partial charge in [0.05, 0.1) is 12.2 Å². The van der Waals surface area contributed by atoms with Crippen LogP contribution >= 0.6 is 0 Å². The van der Waals surface area contributed by atoms with Crippen molar-refractivity contribution in [3.63, 3.8) is 0 Å². The molecule has 2 heterocycles. The zero-order chi connectivity index (χ0) is 22.5. The first-order valence-corrected chi connectivity index (χ1v) is 11.3. The first-order valence-electron chi connectivity index (χ1n) is 11.3. The molecule has 0 aromatic heterocycles. The lowest BCUT2D eigenvalue weighted by Crippen LogP contribution is -2.41. The molecule has 170 valence electrons. The monoisotopic (exact) mass is 442 g/mol. The number of carbonyl (C=O) groups is 2. The molecule has 0 spiro atoms. The fourth-order valence-corrected chi connectivity index (χ4v) is 4.43. The van der Waals surface area contributed by atoms with E-state index in [0.717, 1.165) is 50.9 Å². The van der Waals surface area contributed by atoms with Crippen LogP contribution in [0.15, 0.2) is 42.5 Å². The molecule has 0 aliphatic carbocycles. The van der Waals surface area contributed by atoms with Gasteiger partial charge in [-0.2, -0.15) is 0 Å². The van der Waals surface area contributed by atoms with Crippen LogP contribution in [0.2, 0.25) is 0 Å². The zero-order valence-electron chi connectivity index (χ0n) is 18.1. The summed E-state index contributed by atoms with van der Waals surface area (Å²) >= 11 is 0. The standard InChI is InChI=1S/C25H28F2N2O3/c26-20-9-10-22(23(27)15-20)25(31)29-13-5-6-18(16-29)17-32-21-8-4-7-19(14-21)24(30)28-11-2-1-3-12-28/h4,7-10,14-15,18H,1-3,5-6,11-13,16-17H2. The number of carbonyl (C=O) groups excluding carboxylic acids is 2. The second kappa shape index (κ2) is 10.1. The topological polar surface area (TPSA) is 49.9 Å². The Bertz CT molecular complexity index is 975. The van der Waals surface area contributed by atoms with Crippen molar-refractivity contribution in [1.82, 2.24) is 9.80 Å². The van der Waals surface area contributed by atoms with Gasteiger partial charge in [-0.15, -0.1) is 0 Å². The van der Waals surface area contributed by atoms with Crippen molar-refractivity contribution in [2.24, 2.45) is 5.92 Å². The lowest BCUT2D eigenvalue weighted by molar-refractivity contribution is 0.0627. The molecular weight excluding hydrogens is 414 g/mol. The van der Waals surface area contributed by atoms with Gasteiger partial charge >= 0.3 is 0 Å². The van der Waals surface area contributed by atoms with Crippen molar-refractivity contribution in [2.75, 3.05) is 32.8 Å². The van der Waals surface area contributed by atoms with E-state index in [2.05, 4.69) is 0 Å². The van der Waals surface area contributed by atoms with E-state index in [9.17, 15) is 18.4 Å². The van der Waals surface area contributed by atoms with Crippen molar-refractivity contribution < 1.29 is 23.1 Å². The molecule has 0 bridgehead atoms. The molecule has 32 heavy (non-hydrogen) atoms.